The molecule has 0 atom stereocenters. The van der Waals surface area contributed by atoms with Gasteiger partial charge in [-0.25, -0.2) is 13.8 Å². The lowest BCUT2D eigenvalue weighted by Crippen LogP contribution is -2.13. The van der Waals surface area contributed by atoms with Crippen molar-refractivity contribution in [1.29, 1.82) is 5.26 Å². The molecule has 6 nitrogen and oxygen atoms in total. The molecule has 0 unspecified atom stereocenters. The monoisotopic (exact) mass is 306 g/mol. The number of rotatable bonds is 2. The minimum atomic E-state index is -1.36. The Balaban J connectivity index is 3.53. The molecular formula is C9H5ClF2N4O2S. The maximum Gasteiger partial charge on any atom is 0.301 e. The first kappa shape index (κ1) is 15.1. The van der Waals surface area contributed by atoms with Gasteiger partial charge in [-0.3, -0.25) is 15.4 Å². The third kappa shape index (κ3) is 3.30. The van der Waals surface area contributed by atoms with Crippen LogP contribution in [0.1, 0.15) is 0 Å². The number of benzene rings is 1. The lowest BCUT2D eigenvalue weighted by molar-refractivity contribution is -0.384. The number of thioether (sulfide) groups is 1. The van der Waals surface area contributed by atoms with E-state index in [2.05, 4.69) is 10.3 Å². The molecule has 0 saturated carbocycles. The second-order valence-corrected chi connectivity index (χ2v) is 4.14. The molecule has 0 saturated heterocycles. The summed E-state index contributed by atoms with van der Waals surface area (Å²) in [5.41, 5.74) is -1.63. The van der Waals surface area contributed by atoms with Crippen LogP contribution in [0.15, 0.2) is 11.1 Å². The average molecular weight is 307 g/mol. The lowest BCUT2D eigenvalue weighted by Gasteiger charge is -2.04. The number of nitriles is 1. The van der Waals surface area contributed by atoms with E-state index in [1.807, 2.05) is 0 Å². The highest BCUT2D eigenvalue weighted by Crippen LogP contribution is 2.36. The highest BCUT2D eigenvalue weighted by atomic mass is 35.5. The molecule has 100 valence electrons. The highest BCUT2D eigenvalue weighted by Gasteiger charge is 2.25. The number of aliphatic imine (C=N–C) groups is 1. The van der Waals surface area contributed by atoms with Crippen molar-refractivity contribution in [2.75, 3.05) is 6.26 Å². The summed E-state index contributed by atoms with van der Waals surface area (Å²) in [6.07, 6.45) is 3.04. The number of amidine groups is 1. The molecular weight excluding hydrogens is 302 g/mol. The van der Waals surface area contributed by atoms with Crippen molar-refractivity contribution in [3.63, 3.8) is 0 Å². The first-order valence-corrected chi connectivity index (χ1v) is 6.12. The quantitative estimate of drug-likeness (QED) is 0.172. The molecule has 0 bridgehead atoms. The zero-order chi connectivity index (χ0) is 14.6. The molecule has 0 aliphatic heterocycles. The molecule has 1 aromatic carbocycles. The van der Waals surface area contributed by atoms with Gasteiger partial charge in [0.1, 0.15) is 5.02 Å². The molecule has 1 rings (SSSR count). The molecule has 0 radical (unpaired) electrons. The van der Waals surface area contributed by atoms with Gasteiger partial charge in [-0.2, -0.15) is 5.26 Å². The Morgan fingerprint density at radius 3 is 2.79 bits per heavy atom. The van der Waals surface area contributed by atoms with Gasteiger partial charge in [0.15, 0.2) is 28.7 Å². The van der Waals surface area contributed by atoms with E-state index < -0.39 is 33.0 Å². The minimum absolute atomic E-state index is 0.0906. The third-order valence-electron chi connectivity index (χ3n) is 1.88. The maximum absolute atomic E-state index is 13.7. The van der Waals surface area contributed by atoms with Crippen LogP contribution in [-0.2, 0) is 0 Å². The topological polar surface area (TPSA) is 91.3 Å². The number of hydrogen-bond acceptors (Lipinski definition) is 5. The van der Waals surface area contributed by atoms with Crippen LogP contribution in [0.3, 0.4) is 0 Å². The Kier molecular flexibility index (Phi) is 5.02. The molecule has 0 heterocycles. The van der Waals surface area contributed by atoms with Gasteiger partial charge < -0.3 is 0 Å². The van der Waals surface area contributed by atoms with Gasteiger partial charge in [-0.05, 0) is 6.26 Å². The van der Waals surface area contributed by atoms with Gasteiger partial charge in [0, 0.05) is 0 Å². The Hall–Kier alpha value is -1.92. The van der Waals surface area contributed by atoms with Gasteiger partial charge >= 0.3 is 5.69 Å². The zero-order valence-corrected chi connectivity index (χ0v) is 10.9. The van der Waals surface area contributed by atoms with Crippen LogP contribution in [0.4, 0.5) is 20.2 Å². The Morgan fingerprint density at radius 2 is 2.32 bits per heavy atom. The molecule has 0 amide bonds. The van der Waals surface area contributed by atoms with Gasteiger partial charge in [-0.15, -0.1) is 0 Å². The fourth-order valence-corrected chi connectivity index (χ4v) is 1.57. The third-order valence-corrected chi connectivity index (χ3v) is 2.81. The van der Waals surface area contributed by atoms with Crippen molar-refractivity contribution in [2.45, 2.75) is 0 Å². The van der Waals surface area contributed by atoms with E-state index in [1.54, 1.807) is 0 Å². The Morgan fingerprint density at radius 1 is 1.68 bits per heavy atom. The summed E-state index contributed by atoms with van der Waals surface area (Å²) in [5.74, 6) is -2.62. The van der Waals surface area contributed by atoms with Crippen molar-refractivity contribution in [3.8, 4) is 6.19 Å². The predicted octanol–water partition coefficient (Wildman–Crippen LogP) is 2.95. The van der Waals surface area contributed by atoms with E-state index in [0.29, 0.717) is 6.07 Å². The number of halogens is 3. The van der Waals surface area contributed by atoms with Crippen LogP contribution >= 0.6 is 23.4 Å². The lowest BCUT2D eigenvalue weighted by atomic mass is 10.2. The van der Waals surface area contributed by atoms with Gasteiger partial charge in [-0.1, -0.05) is 23.4 Å². The summed E-state index contributed by atoms with van der Waals surface area (Å²) in [6.45, 7) is 0. The van der Waals surface area contributed by atoms with Crippen molar-refractivity contribution < 1.29 is 13.7 Å². The molecule has 0 aliphatic carbocycles. The van der Waals surface area contributed by atoms with E-state index in [-0.39, 0.29) is 5.17 Å². The molecule has 0 aromatic heterocycles. The summed E-state index contributed by atoms with van der Waals surface area (Å²) < 4.78 is 26.9. The summed E-state index contributed by atoms with van der Waals surface area (Å²) in [6, 6.07) is 0.467. The first-order valence-electron chi connectivity index (χ1n) is 4.52. The van der Waals surface area contributed by atoms with E-state index in [1.165, 1.54) is 12.4 Å². The number of nitro groups is 1. The van der Waals surface area contributed by atoms with Crippen molar-refractivity contribution >= 4 is 39.9 Å². The molecule has 1 aromatic rings. The van der Waals surface area contributed by atoms with E-state index >= 15 is 0 Å². The SMILES string of the molecule is CSC(=Nc1c([N+](=O)[O-])cc(F)c(Cl)c1F)NC#N. The van der Waals surface area contributed by atoms with Crippen LogP contribution in [0.5, 0.6) is 0 Å². The standard InChI is InChI=1S/C9H5ClF2N4O2S/c1-19-9(14-3-13)15-8-5(16(17)18)2-4(11)6(10)7(8)12/h2H,1H3,(H,14,15). The van der Waals surface area contributed by atoms with E-state index in [4.69, 9.17) is 16.9 Å². The van der Waals surface area contributed by atoms with Gasteiger partial charge in [0.05, 0.1) is 11.0 Å². The second kappa shape index (κ2) is 6.31. The predicted molar refractivity (Wildman–Crippen MR) is 67.4 cm³/mol. The smallest absolute Gasteiger partial charge is 0.271 e. The van der Waals surface area contributed by atoms with Gasteiger partial charge in [0.25, 0.3) is 0 Å². The van der Waals surface area contributed by atoms with Crippen LogP contribution in [0, 0.1) is 33.2 Å². The molecule has 0 spiro atoms. The van der Waals surface area contributed by atoms with E-state index in [0.717, 1.165) is 11.8 Å². The maximum atomic E-state index is 13.7. The highest BCUT2D eigenvalue weighted by molar-refractivity contribution is 8.13. The van der Waals surface area contributed by atoms with Crippen molar-refractivity contribution in [1.82, 2.24) is 5.32 Å². The van der Waals surface area contributed by atoms with Crippen molar-refractivity contribution in [2.24, 2.45) is 4.99 Å². The zero-order valence-electron chi connectivity index (χ0n) is 9.28. The number of hydrogen-bond donors (Lipinski definition) is 1. The molecule has 1 N–H and O–H groups in total. The molecule has 19 heavy (non-hydrogen) atoms. The van der Waals surface area contributed by atoms with Crippen molar-refractivity contribution in [3.05, 3.63) is 32.8 Å². The van der Waals surface area contributed by atoms with Crippen LogP contribution in [0.2, 0.25) is 5.02 Å². The summed E-state index contributed by atoms with van der Waals surface area (Å²) in [4.78, 5) is 13.3. The van der Waals surface area contributed by atoms with Crippen LogP contribution < -0.4 is 5.32 Å². The fraction of sp³-hybridized carbons (Fsp3) is 0.111. The number of nitrogens with one attached hydrogen (secondary N) is 1. The first-order chi connectivity index (χ1) is 8.92. The van der Waals surface area contributed by atoms with Gasteiger partial charge in [0.2, 0.25) is 0 Å². The summed E-state index contributed by atoms with van der Waals surface area (Å²) in [7, 11) is 0. The minimum Gasteiger partial charge on any atom is -0.271 e. The second-order valence-electron chi connectivity index (χ2n) is 2.97. The molecule has 10 heteroatoms. The van der Waals surface area contributed by atoms with Crippen LogP contribution in [-0.4, -0.2) is 16.3 Å². The van der Waals surface area contributed by atoms with E-state index in [9.17, 15) is 18.9 Å². The molecule has 0 fully saturated rings. The normalized spacial score (nSPS) is 11.0. The Labute approximate surface area is 115 Å². The molecule has 0 aliphatic rings. The summed E-state index contributed by atoms with van der Waals surface area (Å²) >= 11 is 6.25. The number of nitrogens with zero attached hydrogens (tertiary/aromatic N) is 3. The van der Waals surface area contributed by atoms with Crippen LogP contribution in [0.25, 0.3) is 0 Å². The largest absolute Gasteiger partial charge is 0.301 e. The number of nitro benzene ring substituents is 1. The fourth-order valence-electron chi connectivity index (χ4n) is 1.09. The average Bonchev–Trinajstić information content (AvgIpc) is 2.37. The Bertz CT molecular complexity index is 603. The summed E-state index contributed by atoms with van der Waals surface area (Å²) in [5, 5.41) is 20.3.